The first-order valence-electron chi connectivity index (χ1n) is 6.50. The van der Waals surface area contributed by atoms with Crippen molar-refractivity contribution >= 4 is 21.6 Å². The van der Waals surface area contributed by atoms with Gasteiger partial charge in [0.05, 0.1) is 6.61 Å². The average molecular weight is 356 g/mol. The molecule has 0 heterocycles. The Balaban J connectivity index is 2.24. The summed E-state index contributed by atoms with van der Waals surface area (Å²) in [4.78, 5) is 0. The molecule has 2 aromatic carbocycles. The number of methoxy groups -OCH3 is 1. The molecule has 0 aliphatic rings. The van der Waals surface area contributed by atoms with Crippen molar-refractivity contribution in [3.63, 3.8) is 0 Å². The zero-order chi connectivity index (χ0) is 15.4. The second-order valence-electron chi connectivity index (χ2n) is 4.74. The van der Waals surface area contributed by atoms with Crippen LogP contribution >= 0.6 is 15.9 Å². The molecule has 0 saturated carbocycles. The molecule has 0 fully saturated rings. The van der Waals surface area contributed by atoms with Crippen LogP contribution in [0.4, 0.5) is 14.5 Å². The summed E-state index contributed by atoms with van der Waals surface area (Å²) in [6.45, 7) is 2.35. The van der Waals surface area contributed by atoms with Gasteiger partial charge in [0.2, 0.25) is 0 Å². The number of hydrogen-bond acceptors (Lipinski definition) is 2. The van der Waals surface area contributed by atoms with Crippen LogP contribution in [0.2, 0.25) is 0 Å². The molecule has 0 aliphatic carbocycles. The first kappa shape index (κ1) is 15.9. The van der Waals surface area contributed by atoms with Gasteiger partial charge in [0.1, 0.15) is 0 Å². The van der Waals surface area contributed by atoms with Gasteiger partial charge < -0.3 is 10.1 Å². The van der Waals surface area contributed by atoms with Crippen LogP contribution in [-0.4, -0.2) is 7.11 Å². The van der Waals surface area contributed by atoms with E-state index >= 15 is 0 Å². The maximum atomic E-state index is 13.3. The second-order valence-corrected chi connectivity index (χ2v) is 5.59. The summed E-state index contributed by atoms with van der Waals surface area (Å²) in [5.41, 5.74) is 2.55. The molecule has 1 unspecified atom stereocenters. The molecule has 0 radical (unpaired) electrons. The van der Waals surface area contributed by atoms with E-state index in [1.54, 1.807) is 13.2 Å². The van der Waals surface area contributed by atoms with Gasteiger partial charge in [0, 0.05) is 28.9 Å². The van der Waals surface area contributed by atoms with Crippen LogP contribution in [0, 0.1) is 11.6 Å². The highest BCUT2D eigenvalue weighted by atomic mass is 79.9. The molecule has 2 rings (SSSR count). The number of nitrogens with one attached hydrogen (secondary N) is 1. The minimum absolute atomic E-state index is 0.162. The van der Waals surface area contributed by atoms with Crippen molar-refractivity contribution in [3.05, 3.63) is 63.6 Å². The van der Waals surface area contributed by atoms with E-state index in [4.69, 9.17) is 4.74 Å². The zero-order valence-electron chi connectivity index (χ0n) is 11.8. The summed E-state index contributed by atoms with van der Waals surface area (Å²) in [6, 6.07) is 9.52. The maximum absolute atomic E-state index is 13.3. The minimum Gasteiger partial charge on any atom is -0.380 e. The lowest BCUT2D eigenvalue weighted by atomic mass is 10.1. The standard InChI is InChI=1S/C16H16BrF2NO/c1-10(11-6-7-14(18)15(19)8-11)20-16-5-3-4-13(17)12(16)9-21-2/h3-8,10,20H,9H2,1-2H3. The maximum Gasteiger partial charge on any atom is 0.159 e. The van der Waals surface area contributed by atoms with Gasteiger partial charge >= 0.3 is 0 Å². The summed E-state index contributed by atoms with van der Waals surface area (Å²) in [6.07, 6.45) is 0. The molecule has 0 amide bonds. The molecule has 5 heteroatoms. The third kappa shape index (κ3) is 3.80. The Morgan fingerprint density at radius 1 is 1.19 bits per heavy atom. The number of benzene rings is 2. The highest BCUT2D eigenvalue weighted by Crippen LogP contribution is 2.29. The van der Waals surface area contributed by atoms with E-state index in [9.17, 15) is 8.78 Å². The molecule has 1 atom stereocenters. The molecule has 0 spiro atoms. The summed E-state index contributed by atoms with van der Waals surface area (Å²) in [7, 11) is 1.63. The van der Waals surface area contributed by atoms with Gasteiger partial charge in [-0.25, -0.2) is 8.78 Å². The fourth-order valence-corrected chi connectivity index (χ4v) is 2.56. The Kier molecular flexibility index (Phi) is 5.31. The predicted molar refractivity (Wildman–Crippen MR) is 83.3 cm³/mol. The zero-order valence-corrected chi connectivity index (χ0v) is 13.4. The van der Waals surface area contributed by atoms with Crippen LogP contribution in [-0.2, 0) is 11.3 Å². The normalized spacial score (nSPS) is 12.2. The van der Waals surface area contributed by atoms with Crippen LogP contribution < -0.4 is 5.32 Å². The van der Waals surface area contributed by atoms with E-state index < -0.39 is 11.6 Å². The van der Waals surface area contributed by atoms with Crippen LogP contribution in [0.1, 0.15) is 24.1 Å². The largest absolute Gasteiger partial charge is 0.380 e. The molecule has 112 valence electrons. The number of anilines is 1. The number of ether oxygens (including phenoxy) is 1. The van der Waals surface area contributed by atoms with Crippen molar-refractivity contribution in [1.82, 2.24) is 0 Å². The van der Waals surface area contributed by atoms with E-state index in [-0.39, 0.29) is 6.04 Å². The molecule has 1 N–H and O–H groups in total. The summed E-state index contributed by atoms with van der Waals surface area (Å²) >= 11 is 3.49. The van der Waals surface area contributed by atoms with Crippen molar-refractivity contribution in [2.24, 2.45) is 0 Å². The van der Waals surface area contributed by atoms with Crippen LogP contribution in [0.5, 0.6) is 0 Å². The van der Waals surface area contributed by atoms with E-state index in [1.807, 2.05) is 25.1 Å². The molecule has 0 saturated heterocycles. The minimum atomic E-state index is -0.840. The quantitative estimate of drug-likeness (QED) is 0.810. The van der Waals surface area contributed by atoms with Crippen molar-refractivity contribution in [2.45, 2.75) is 19.6 Å². The van der Waals surface area contributed by atoms with Gasteiger partial charge in [-0.2, -0.15) is 0 Å². The fourth-order valence-electron chi connectivity index (χ4n) is 2.08. The molecule has 0 bridgehead atoms. The lowest BCUT2D eigenvalue weighted by molar-refractivity contribution is 0.185. The molecule has 0 aromatic heterocycles. The van der Waals surface area contributed by atoms with Gasteiger partial charge in [-0.15, -0.1) is 0 Å². The van der Waals surface area contributed by atoms with E-state index in [1.165, 1.54) is 6.07 Å². The lowest BCUT2D eigenvalue weighted by Crippen LogP contribution is -2.09. The molecular formula is C16H16BrF2NO. The highest BCUT2D eigenvalue weighted by Gasteiger charge is 2.12. The Labute approximate surface area is 131 Å². The average Bonchev–Trinajstić information content (AvgIpc) is 2.45. The van der Waals surface area contributed by atoms with Crippen LogP contribution in [0.25, 0.3) is 0 Å². The smallest absolute Gasteiger partial charge is 0.159 e. The van der Waals surface area contributed by atoms with Crippen molar-refractivity contribution in [3.8, 4) is 0 Å². The fraction of sp³-hybridized carbons (Fsp3) is 0.250. The first-order chi connectivity index (χ1) is 10.0. The SMILES string of the molecule is COCc1c(Br)cccc1NC(C)c1ccc(F)c(F)c1. The summed E-state index contributed by atoms with van der Waals surface area (Å²) in [5.74, 6) is -1.68. The predicted octanol–water partition coefficient (Wildman–Crippen LogP) is 5.05. The van der Waals surface area contributed by atoms with Crippen molar-refractivity contribution < 1.29 is 13.5 Å². The first-order valence-corrected chi connectivity index (χ1v) is 7.30. The summed E-state index contributed by atoms with van der Waals surface area (Å²) in [5, 5.41) is 3.30. The molecule has 2 aromatic rings. The summed E-state index contributed by atoms with van der Waals surface area (Å²) < 4.78 is 32.4. The van der Waals surface area contributed by atoms with E-state index in [0.717, 1.165) is 21.8 Å². The second kappa shape index (κ2) is 7.00. The number of rotatable bonds is 5. The Hall–Kier alpha value is -1.46. The van der Waals surface area contributed by atoms with Crippen LogP contribution in [0.15, 0.2) is 40.9 Å². The lowest BCUT2D eigenvalue weighted by Gasteiger charge is -2.19. The Morgan fingerprint density at radius 3 is 2.62 bits per heavy atom. The number of hydrogen-bond donors (Lipinski definition) is 1. The van der Waals surface area contributed by atoms with Crippen LogP contribution in [0.3, 0.4) is 0 Å². The van der Waals surface area contributed by atoms with Gasteiger partial charge in [0.25, 0.3) is 0 Å². The van der Waals surface area contributed by atoms with Gasteiger partial charge in [-0.3, -0.25) is 0 Å². The Bertz CT molecular complexity index is 634. The Morgan fingerprint density at radius 2 is 1.95 bits per heavy atom. The van der Waals surface area contributed by atoms with Gasteiger partial charge in [0.15, 0.2) is 11.6 Å². The van der Waals surface area contributed by atoms with Crippen molar-refractivity contribution in [2.75, 3.05) is 12.4 Å². The molecule has 21 heavy (non-hydrogen) atoms. The molecular weight excluding hydrogens is 340 g/mol. The van der Waals surface area contributed by atoms with E-state index in [0.29, 0.717) is 12.2 Å². The van der Waals surface area contributed by atoms with Crippen molar-refractivity contribution in [1.29, 1.82) is 0 Å². The van der Waals surface area contributed by atoms with Gasteiger partial charge in [-0.1, -0.05) is 28.1 Å². The van der Waals surface area contributed by atoms with E-state index in [2.05, 4.69) is 21.2 Å². The molecule has 2 nitrogen and oxygen atoms in total. The van der Waals surface area contributed by atoms with Gasteiger partial charge in [-0.05, 0) is 36.8 Å². The number of halogens is 3. The molecule has 0 aliphatic heterocycles. The highest BCUT2D eigenvalue weighted by molar-refractivity contribution is 9.10. The third-order valence-corrected chi connectivity index (χ3v) is 3.97. The third-order valence-electron chi connectivity index (χ3n) is 3.22. The monoisotopic (exact) mass is 355 g/mol. The topological polar surface area (TPSA) is 21.3 Å².